The fraction of sp³-hybridized carbons (Fsp3) is 0.643. The van der Waals surface area contributed by atoms with Crippen molar-refractivity contribution in [2.45, 2.75) is 114 Å². The van der Waals surface area contributed by atoms with Gasteiger partial charge in [-0.1, -0.05) is 58.6 Å². The average molecular weight is 426 g/mol. The van der Waals surface area contributed by atoms with Crippen LogP contribution in [0.5, 0.6) is 0 Å². The van der Waals surface area contributed by atoms with Crippen molar-refractivity contribution in [2.24, 2.45) is 0 Å². The molecule has 174 valence electrons. The first-order valence-electron chi connectivity index (χ1n) is 12.5. The van der Waals surface area contributed by atoms with Gasteiger partial charge in [-0.25, -0.2) is 0 Å². The SMILES string of the molecule is C=C(C)/C(CC)=C(C)\C(CCCCCCC)=C(/C)c1c(C)c(CC)c(C)n1B(C)OC. The molecule has 3 heteroatoms. The first-order valence-corrected chi connectivity index (χ1v) is 12.5. The van der Waals surface area contributed by atoms with Crippen LogP contribution in [-0.4, -0.2) is 18.6 Å². The lowest BCUT2D eigenvalue weighted by molar-refractivity contribution is 0.414. The second-order valence-corrected chi connectivity index (χ2v) is 9.10. The number of allylic oxidation sites excluding steroid dienone is 5. The molecule has 0 aromatic carbocycles. The summed E-state index contributed by atoms with van der Waals surface area (Å²) in [5, 5.41) is 0. The van der Waals surface area contributed by atoms with Gasteiger partial charge in [-0.15, -0.1) is 0 Å². The van der Waals surface area contributed by atoms with Gasteiger partial charge in [0.2, 0.25) is 0 Å². The van der Waals surface area contributed by atoms with Gasteiger partial charge < -0.3 is 9.13 Å². The summed E-state index contributed by atoms with van der Waals surface area (Å²) in [6.07, 6.45) is 9.72. The van der Waals surface area contributed by atoms with E-state index in [1.165, 1.54) is 82.5 Å². The summed E-state index contributed by atoms with van der Waals surface area (Å²) < 4.78 is 8.22. The van der Waals surface area contributed by atoms with Crippen LogP contribution >= 0.6 is 0 Å². The molecule has 0 amide bonds. The van der Waals surface area contributed by atoms with Crippen molar-refractivity contribution in [3.63, 3.8) is 0 Å². The quantitative estimate of drug-likeness (QED) is 0.175. The van der Waals surface area contributed by atoms with E-state index in [1.807, 2.05) is 7.11 Å². The highest BCUT2D eigenvalue weighted by molar-refractivity contribution is 6.49. The van der Waals surface area contributed by atoms with Gasteiger partial charge in [-0.2, -0.15) is 0 Å². The third-order valence-corrected chi connectivity index (χ3v) is 7.02. The lowest BCUT2D eigenvalue weighted by atomic mass is 9.83. The van der Waals surface area contributed by atoms with Crippen molar-refractivity contribution in [3.8, 4) is 0 Å². The molecule has 0 atom stereocenters. The molecule has 0 aliphatic rings. The molecule has 1 aromatic rings. The van der Waals surface area contributed by atoms with E-state index < -0.39 is 0 Å². The molecule has 0 spiro atoms. The predicted octanol–water partition coefficient (Wildman–Crippen LogP) is 8.72. The summed E-state index contributed by atoms with van der Waals surface area (Å²) in [5.41, 5.74) is 12.5. The summed E-state index contributed by atoms with van der Waals surface area (Å²) >= 11 is 0. The Kier molecular flexibility index (Phi) is 11.7. The lowest BCUT2D eigenvalue weighted by Crippen LogP contribution is -2.26. The summed E-state index contributed by atoms with van der Waals surface area (Å²) in [6, 6.07) is 0. The monoisotopic (exact) mass is 425 g/mol. The molecule has 0 bridgehead atoms. The van der Waals surface area contributed by atoms with Crippen LogP contribution in [0.3, 0.4) is 0 Å². The van der Waals surface area contributed by atoms with Gasteiger partial charge in [0.25, 0.3) is 0 Å². The Bertz CT molecular complexity index is 809. The van der Waals surface area contributed by atoms with Gasteiger partial charge in [0, 0.05) is 18.5 Å². The van der Waals surface area contributed by atoms with Crippen LogP contribution in [0, 0.1) is 13.8 Å². The Hall–Kier alpha value is -1.48. The van der Waals surface area contributed by atoms with Crippen molar-refractivity contribution in [1.82, 2.24) is 4.48 Å². The van der Waals surface area contributed by atoms with Gasteiger partial charge in [0.05, 0.1) is 0 Å². The maximum absolute atomic E-state index is 5.81. The molecule has 0 unspecified atom stereocenters. The normalized spacial score (nSPS) is 13.2. The highest BCUT2D eigenvalue weighted by atomic mass is 16.4. The Morgan fingerprint density at radius 3 is 2.06 bits per heavy atom. The van der Waals surface area contributed by atoms with Crippen LogP contribution < -0.4 is 0 Å². The average Bonchev–Trinajstić information content (AvgIpc) is 2.99. The molecule has 0 radical (unpaired) electrons. The fourth-order valence-corrected chi connectivity index (χ4v) is 5.22. The smallest absolute Gasteiger partial charge is 0.416 e. The van der Waals surface area contributed by atoms with Crippen molar-refractivity contribution in [3.05, 3.63) is 51.4 Å². The minimum atomic E-state index is 0.0193. The zero-order chi connectivity index (χ0) is 23.7. The van der Waals surface area contributed by atoms with Gasteiger partial charge in [-0.3, -0.25) is 0 Å². The molecule has 0 aliphatic heterocycles. The van der Waals surface area contributed by atoms with Crippen LogP contribution in [0.1, 0.15) is 109 Å². The van der Waals surface area contributed by atoms with Gasteiger partial charge in [0.1, 0.15) is 0 Å². The van der Waals surface area contributed by atoms with Crippen LogP contribution in [0.25, 0.3) is 5.57 Å². The minimum Gasteiger partial charge on any atom is -0.419 e. The predicted molar refractivity (Wildman–Crippen MR) is 141 cm³/mol. The number of hydrogen-bond donors (Lipinski definition) is 0. The fourth-order valence-electron chi connectivity index (χ4n) is 5.22. The first-order chi connectivity index (χ1) is 14.7. The van der Waals surface area contributed by atoms with Crippen molar-refractivity contribution in [1.29, 1.82) is 0 Å². The highest BCUT2D eigenvalue weighted by Gasteiger charge is 2.25. The number of aromatic nitrogens is 1. The molecule has 0 saturated heterocycles. The number of hydrogen-bond acceptors (Lipinski definition) is 1. The van der Waals surface area contributed by atoms with Crippen molar-refractivity contribution < 1.29 is 4.65 Å². The topological polar surface area (TPSA) is 14.2 Å². The lowest BCUT2D eigenvalue weighted by Gasteiger charge is -2.22. The molecule has 0 saturated carbocycles. The van der Waals surface area contributed by atoms with Gasteiger partial charge in [-0.05, 0) is 101 Å². The molecular formula is C28H48BNO. The van der Waals surface area contributed by atoms with Gasteiger partial charge >= 0.3 is 7.05 Å². The Morgan fingerprint density at radius 2 is 1.58 bits per heavy atom. The van der Waals surface area contributed by atoms with Crippen molar-refractivity contribution >= 4 is 12.6 Å². The van der Waals surface area contributed by atoms with E-state index in [4.69, 9.17) is 4.65 Å². The molecular weight excluding hydrogens is 377 g/mol. The van der Waals surface area contributed by atoms with E-state index in [1.54, 1.807) is 0 Å². The largest absolute Gasteiger partial charge is 0.419 e. The molecule has 31 heavy (non-hydrogen) atoms. The Morgan fingerprint density at radius 1 is 0.968 bits per heavy atom. The van der Waals surface area contributed by atoms with Crippen LogP contribution in [0.4, 0.5) is 0 Å². The van der Waals surface area contributed by atoms with Crippen LogP contribution in [0.15, 0.2) is 28.9 Å². The maximum atomic E-state index is 5.81. The zero-order valence-electron chi connectivity index (χ0n) is 22.3. The highest BCUT2D eigenvalue weighted by Crippen LogP contribution is 2.36. The summed E-state index contributed by atoms with van der Waals surface area (Å²) in [7, 11) is 1.83. The second-order valence-electron chi connectivity index (χ2n) is 9.10. The molecule has 1 aromatic heterocycles. The van der Waals surface area contributed by atoms with E-state index >= 15 is 0 Å². The standard InChI is InChI=1S/C28H48BNO/c1-12-15-16-17-18-19-27(21(6)25(13-2)20(4)5)23(8)28-22(7)26(14-3)24(9)30(28)29(10)31-11/h4,12-19H2,1-3,5-11H3/b25-21-,27-23+. The Balaban J connectivity index is 3.72. The van der Waals surface area contributed by atoms with E-state index in [-0.39, 0.29) is 7.05 Å². The summed E-state index contributed by atoms with van der Waals surface area (Å²) in [5.74, 6) is 0. The van der Waals surface area contributed by atoms with Crippen LogP contribution in [0.2, 0.25) is 6.82 Å². The molecule has 1 rings (SSSR count). The second kappa shape index (κ2) is 13.2. The van der Waals surface area contributed by atoms with E-state index in [0.717, 1.165) is 19.3 Å². The molecule has 2 nitrogen and oxygen atoms in total. The number of nitrogens with zero attached hydrogens (tertiary/aromatic N) is 1. The number of unbranched alkanes of at least 4 members (excludes halogenated alkanes) is 4. The number of rotatable bonds is 13. The molecule has 0 aliphatic carbocycles. The van der Waals surface area contributed by atoms with E-state index in [2.05, 4.69) is 73.3 Å². The summed E-state index contributed by atoms with van der Waals surface area (Å²) in [4.78, 5) is 0. The molecule has 1 heterocycles. The van der Waals surface area contributed by atoms with E-state index in [9.17, 15) is 0 Å². The third-order valence-electron chi connectivity index (χ3n) is 7.02. The van der Waals surface area contributed by atoms with Crippen LogP contribution in [-0.2, 0) is 11.1 Å². The van der Waals surface area contributed by atoms with E-state index in [0.29, 0.717) is 0 Å². The Labute approximate surface area is 194 Å². The van der Waals surface area contributed by atoms with Gasteiger partial charge in [0.15, 0.2) is 0 Å². The molecule has 0 fully saturated rings. The molecule has 0 N–H and O–H groups in total. The summed E-state index contributed by atoms with van der Waals surface area (Å²) in [6.45, 7) is 24.6. The maximum Gasteiger partial charge on any atom is 0.416 e. The van der Waals surface area contributed by atoms with Crippen molar-refractivity contribution in [2.75, 3.05) is 7.11 Å². The minimum absolute atomic E-state index is 0.0193. The zero-order valence-corrected chi connectivity index (χ0v) is 22.3. The third kappa shape index (κ3) is 6.51. The first kappa shape index (κ1) is 27.6.